The molecule has 0 bridgehead atoms. The summed E-state index contributed by atoms with van der Waals surface area (Å²) >= 11 is 6.26. The van der Waals surface area contributed by atoms with Crippen molar-refractivity contribution in [2.45, 2.75) is 50.7 Å². The van der Waals surface area contributed by atoms with Crippen molar-refractivity contribution in [3.05, 3.63) is 16.4 Å². The van der Waals surface area contributed by atoms with Gasteiger partial charge in [0.15, 0.2) is 0 Å². The zero-order valence-corrected chi connectivity index (χ0v) is 12.3. The Balaban J connectivity index is 1.81. The van der Waals surface area contributed by atoms with Crippen molar-refractivity contribution < 1.29 is 9.84 Å². The van der Waals surface area contributed by atoms with Gasteiger partial charge in [0.1, 0.15) is 5.15 Å². The number of aliphatic hydroxyl groups excluding tert-OH is 1. The number of hydrogen-bond donors (Lipinski definition) is 1. The number of aliphatic hydroxyl groups is 1. The van der Waals surface area contributed by atoms with E-state index in [1.165, 1.54) is 6.42 Å². The van der Waals surface area contributed by atoms with Crippen LogP contribution in [0.2, 0.25) is 5.15 Å². The van der Waals surface area contributed by atoms with Gasteiger partial charge in [-0.1, -0.05) is 11.6 Å². The smallest absolute Gasteiger partial charge is 0.132 e. The van der Waals surface area contributed by atoms with Crippen molar-refractivity contribution >= 4 is 11.6 Å². The first kappa shape index (κ1) is 13.4. The number of aromatic nitrogens is 2. The molecule has 19 heavy (non-hydrogen) atoms. The first-order valence-electron chi connectivity index (χ1n) is 7.03. The summed E-state index contributed by atoms with van der Waals surface area (Å²) in [5.41, 5.74) is 1.67. The number of rotatable bonds is 2. The molecule has 1 aliphatic heterocycles. The van der Waals surface area contributed by atoms with Crippen LogP contribution in [0.3, 0.4) is 0 Å². The molecule has 3 rings (SSSR count). The van der Waals surface area contributed by atoms with Crippen molar-refractivity contribution in [2.75, 3.05) is 6.61 Å². The summed E-state index contributed by atoms with van der Waals surface area (Å²) in [7, 11) is 1.81. The van der Waals surface area contributed by atoms with Gasteiger partial charge >= 0.3 is 0 Å². The maximum atomic E-state index is 10.7. The molecule has 0 radical (unpaired) electrons. The predicted molar refractivity (Wildman–Crippen MR) is 73.2 cm³/mol. The van der Waals surface area contributed by atoms with E-state index in [4.69, 9.17) is 16.3 Å². The van der Waals surface area contributed by atoms with E-state index >= 15 is 0 Å². The third-order valence-electron chi connectivity index (χ3n) is 4.73. The fourth-order valence-corrected chi connectivity index (χ4v) is 3.76. The van der Waals surface area contributed by atoms with Crippen LogP contribution in [0.15, 0.2) is 0 Å². The lowest BCUT2D eigenvalue weighted by Gasteiger charge is -2.48. The van der Waals surface area contributed by atoms with E-state index in [0.717, 1.165) is 43.5 Å². The van der Waals surface area contributed by atoms with Gasteiger partial charge < -0.3 is 9.84 Å². The summed E-state index contributed by atoms with van der Waals surface area (Å²) in [6.07, 6.45) is 4.83. The molecule has 2 fully saturated rings. The van der Waals surface area contributed by atoms with E-state index in [-0.39, 0.29) is 11.5 Å². The van der Waals surface area contributed by atoms with Gasteiger partial charge in [-0.05, 0) is 44.9 Å². The van der Waals surface area contributed by atoms with Crippen molar-refractivity contribution in [1.29, 1.82) is 0 Å². The van der Waals surface area contributed by atoms with Crippen LogP contribution in [-0.2, 0) is 11.8 Å². The Morgan fingerprint density at radius 3 is 2.79 bits per heavy atom. The monoisotopic (exact) mass is 284 g/mol. The lowest BCUT2D eigenvalue weighted by molar-refractivity contribution is -0.157. The summed E-state index contributed by atoms with van der Waals surface area (Å²) in [6, 6.07) is 0. The largest absolute Gasteiger partial charge is 0.388 e. The number of ether oxygens (including phenoxy) is 1. The first-order valence-corrected chi connectivity index (χ1v) is 7.41. The normalized spacial score (nSPS) is 27.3. The number of halogens is 1. The summed E-state index contributed by atoms with van der Waals surface area (Å²) in [6.45, 7) is 2.65. The molecule has 106 valence electrons. The number of hydrogen-bond acceptors (Lipinski definition) is 3. The summed E-state index contributed by atoms with van der Waals surface area (Å²) < 4.78 is 7.55. The van der Waals surface area contributed by atoms with Crippen LogP contribution in [0, 0.1) is 12.8 Å². The van der Waals surface area contributed by atoms with Crippen LogP contribution < -0.4 is 0 Å². The van der Waals surface area contributed by atoms with Crippen molar-refractivity contribution in [3.63, 3.8) is 0 Å². The first-order chi connectivity index (χ1) is 9.02. The van der Waals surface area contributed by atoms with Crippen molar-refractivity contribution in [1.82, 2.24) is 9.78 Å². The minimum atomic E-state index is -0.525. The Morgan fingerprint density at radius 2 is 2.26 bits per heavy atom. The molecule has 2 heterocycles. The Kier molecular flexibility index (Phi) is 3.36. The summed E-state index contributed by atoms with van der Waals surface area (Å²) in [4.78, 5) is 0. The minimum Gasteiger partial charge on any atom is -0.388 e. The van der Waals surface area contributed by atoms with Gasteiger partial charge in [0.25, 0.3) is 0 Å². The summed E-state index contributed by atoms with van der Waals surface area (Å²) in [5.74, 6) is 0.231. The van der Waals surface area contributed by atoms with E-state index < -0.39 is 6.10 Å². The van der Waals surface area contributed by atoms with Crippen molar-refractivity contribution in [3.8, 4) is 0 Å². The van der Waals surface area contributed by atoms with Crippen LogP contribution in [0.5, 0.6) is 0 Å². The maximum Gasteiger partial charge on any atom is 0.132 e. The minimum absolute atomic E-state index is 0.0481. The molecule has 1 spiro atoms. The average Bonchev–Trinajstić information content (AvgIpc) is 2.61. The number of nitrogens with zero attached hydrogens (tertiary/aromatic N) is 2. The molecule has 0 aromatic carbocycles. The van der Waals surface area contributed by atoms with Crippen LogP contribution >= 0.6 is 11.6 Å². The van der Waals surface area contributed by atoms with E-state index in [1.54, 1.807) is 4.68 Å². The Bertz CT molecular complexity index is 482. The molecule has 1 aromatic rings. The summed E-state index contributed by atoms with van der Waals surface area (Å²) in [5, 5.41) is 15.5. The average molecular weight is 285 g/mol. The third kappa shape index (κ3) is 2.20. The zero-order valence-electron chi connectivity index (χ0n) is 11.5. The second kappa shape index (κ2) is 4.76. The molecule has 0 amide bonds. The van der Waals surface area contributed by atoms with Crippen LogP contribution in [0.25, 0.3) is 0 Å². The molecule has 1 N–H and O–H groups in total. The Labute approximate surface area is 118 Å². The van der Waals surface area contributed by atoms with E-state index in [2.05, 4.69) is 5.10 Å². The lowest BCUT2D eigenvalue weighted by atomic mass is 9.70. The van der Waals surface area contributed by atoms with Gasteiger partial charge in [-0.3, -0.25) is 4.68 Å². The highest BCUT2D eigenvalue weighted by Crippen LogP contribution is 2.48. The second-order valence-corrected chi connectivity index (χ2v) is 6.35. The number of aryl methyl sites for hydroxylation is 2. The van der Waals surface area contributed by atoms with Gasteiger partial charge in [0.2, 0.25) is 0 Å². The van der Waals surface area contributed by atoms with Crippen LogP contribution in [-0.4, -0.2) is 27.1 Å². The van der Waals surface area contributed by atoms with Crippen LogP contribution in [0.1, 0.15) is 49.5 Å². The highest BCUT2D eigenvalue weighted by molar-refractivity contribution is 6.30. The van der Waals surface area contributed by atoms with Gasteiger partial charge in [0, 0.05) is 19.2 Å². The standard InChI is InChI=1S/C14H21ClN2O2/c1-9-11(13(15)17(2)16-9)12(18)10-4-7-19-14(8-10)5-3-6-14/h10,12,18H,3-8H2,1-2H3. The fourth-order valence-electron chi connectivity index (χ4n) is 3.47. The SMILES string of the molecule is Cc1nn(C)c(Cl)c1C(O)C1CCOC2(CCC2)C1. The molecular weight excluding hydrogens is 264 g/mol. The molecule has 4 nitrogen and oxygen atoms in total. The fraction of sp³-hybridized carbons (Fsp3) is 0.786. The van der Waals surface area contributed by atoms with Gasteiger partial charge in [-0.2, -0.15) is 5.10 Å². The molecule has 1 aromatic heterocycles. The molecule has 1 aliphatic carbocycles. The van der Waals surface area contributed by atoms with Gasteiger partial charge in [-0.15, -0.1) is 0 Å². The molecule has 1 saturated heterocycles. The lowest BCUT2D eigenvalue weighted by Crippen LogP contribution is -2.46. The third-order valence-corrected chi connectivity index (χ3v) is 5.18. The van der Waals surface area contributed by atoms with Crippen molar-refractivity contribution in [2.24, 2.45) is 13.0 Å². The molecule has 2 unspecified atom stereocenters. The van der Waals surface area contributed by atoms with Crippen LogP contribution in [0.4, 0.5) is 0 Å². The maximum absolute atomic E-state index is 10.7. The molecule has 5 heteroatoms. The Hall–Kier alpha value is -0.580. The van der Waals surface area contributed by atoms with Gasteiger partial charge in [0.05, 0.1) is 17.4 Å². The molecule has 2 aliphatic rings. The Morgan fingerprint density at radius 1 is 1.53 bits per heavy atom. The predicted octanol–water partition coefficient (Wildman–Crippen LogP) is 2.76. The quantitative estimate of drug-likeness (QED) is 0.908. The highest BCUT2D eigenvalue weighted by atomic mass is 35.5. The zero-order chi connectivity index (χ0) is 13.6. The van der Waals surface area contributed by atoms with Gasteiger partial charge in [-0.25, -0.2) is 0 Å². The second-order valence-electron chi connectivity index (χ2n) is 6.00. The molecule has 1 saturated carbocycles. The molecule has 2 atom stereocenters. The van der Waals surface area contributed by atoms with E-state index in [1.807, 2.05) is 14.0 Å². The molecular formula is C14H21ClN2O2. The highest BCUT2D eigenvalue weighted by Gasteiger charge is 2.45. The van der Waals surface area contributed by atoms with E-state index in [9.17, 15) is 5.11 Å². The topological polar surface area (TPSA) is 47.3 Å². The van der Waals surface area contributed by atoms with E-state index in [0.29, 0.717) is 5.15 Å².